The molecule has 2 N–H and O–H groups in total. The highest BCUT2D eigenvalue weighted by Crippen LogP contribution is 1.89. The van der Waals surface area contributed by atoms with Gasteiger partial charge in [0, 0.05) is 6.42 Å². The fraction of sp³-hybridized carbons (Fsp3) is 0.600. The predicted octanol–water partition coefficient (Wildman–Crippen LogP) is -0.589. The Labute approximate surface area is 52.1 Å². The van der Waals surface area contributed by atoms with E-state index in [4.69, 9.17) is 10.2 Å². The van der Waals surface area contributed by atoms with Gasteiger partial charge in [-0.3, -0.25) is 4.79 Å². The minimum Gasteiger partial charge on any atom is -0.475 e. The van der Waals surface area contributed by atoms with Crippen molar-refractivity contribution in [2.45, 2.75) is 19.4 Å². The molecule has 0 fully saturated rings. The van der Waals surface area contributed by atoms with Crippen LogP contribution in [0.4, 0.5) is 0 Å². The Hall–Kier alpha value is -0.900. The first-order valence-corrected chi connectivity index (χ1v) is 2.48. The van der Waals surface area contributed by atoms with Gasteiger partial charge in [0.2, 0.25) is 5.78 Å². The zero-order valence-corrected chi connectivity index (χ0v) is 5.00. The molecule has 1 atom stereocenters. The maximum atomic E-state index is 10.2. The van der Waals surface area contributed by atoms with E-state index in [1.54, 1.807) is 0 Å². The Morgan fingerprint density at radius 2 is 2.00 bits per heavy atom. The molecule has 9 heavy (non-hydrogen) atoms. The number of rotatable bonds is 3. The van der Waals surface area contributed by atoms with E-state index < -0.39 is 17.9 Å². The maximum absolute atomic E-state index is 10.2. The van der Waals surface area contributed by atoms with Crippen molar-refractivity contribution >= 4 is 11.8 Å². The molecular formula is C5H8O4. The number of hydrogen-bond acceptors (Lipinski definition) is 3. The molecule has 0 aliphatic carbocycles. The second-order valence-electron chi connectivity index (χ2n) is 1.78. The zero-order chi connectivity index (χ0) is 7.44. The molecule has 0 aliphatic rings. The molecule has 0 aromatic heterocycles. The van der Waals surface area contributed by atoms with Gasteiger partial charge in [-0.05, 0) is 6.92 Å². The highest BCUT2D eigenvalue weighted by molar-refractivity contribution is 6.32. The van der Waals surface area contributed by atoms with Gasteiger partial charge in [0.15, 0.2) is 0 Å². The summed E-state index contributed by atoms with van der Waals surface area (Å²) in [5.74, 6) is -2.44. The van der Waals surface area contributed by atoms with Crippen LogP contribution in [0.25, 0.3) is 0 Å². The lowest BCUT2D eigenvalue weighted by Crippen LogP contribution is -2.17. The lowest BCUT2D eigenvalue weighted by atomic mass is 10.2. The number of carboxylic acids is 1. The van der Waals surface area contributed by atoms with Crippen molar-refractivity contribution in [1.82, 2.24) is 0 Å². The first kappa shape index (κ1) is 8.10. The lowest BCUT2D eigenvalue weighted by Gasteiger charge is -1.96. The summed E-state index contributed by atoms with van der Waals surface area (Å²) in [7, 11) is 0. The van der Waals surface area contributed by atoms with Crippen LogP contribution in [-0.2, 0) is 9.59 Å². The zero-order valence-electron chi connectivity index (χ0n) is 5.00. The van der Waals surface area contributed by atoms with E-state index in [1.807, 2.05) is 0 Å². The maximum Gasteiger partial charge on any atom is 0.372 e. The average Bonchev–Trinajstić information content (AvgIpc) is 1.63. The van der Waals surface area contributed by atoms with E-state index in [-0.39, 0.29) is 6.42 Å². The summed E-state index contributed by atoms with van der Waals surface area (Å²) in [5.41, 5.74) is 0. The summed E-state index contributed by atoms with van der Waals surface area (Å²) in [6, 6.07) is 0. The van der Waals surface area contributed by atoms with Gasteiger partial charge in [0.1, 0.15) is 0 Å². The molecule has 52 valence electrons. The Balaban J connectivity index is 3.65. The summed E-state index contributed by atoms with van der Waals surface area (Å²) >= 11 is 0. The number of carboxylic acid groups (broad SMARTS) is 1. The van der Waals surface area contributed by atoms with Gasteiger partial charge in [0.25, 0.3) is 0 Å². The second kappa shape index (κ2) is 3.19. The van der Waals surface area contributed by atoms with Crippen LogP contribution in [0, 0.1) is 0 Å². The van der Waals surface area contributed by atoms with E-state index in [0.29, 0.717) is 0 Å². The topological polar surface area (TPSA) is 74.6 Å². The standard InChI is InChI=1S/C5H8O4/c1-3(6)2-4(7)5(8)9/h3,6H,2H2,1H3,(H,8,9)/t3-/m0/s1. The monoisotopic (exact) mass is 132 g/mol. The minimum absolute atomic E-state index is 0.310. The van der Waals surface area contributed by atoms with Crippen molar-refractivity contribution < 1.29 is 19.8 Å². The quantitative estimate of drug-likeness (QED) is 0.503. The van der Waals surface area contributed by atoms with Crippen molar-refractivity contribution in [2.24, 2.45) is 0 Å². The van der Waals surface area contributed by atoms with Gasteiger partial charge in [-0.2, -0.15) is 0 Å². The van der Waals surface area contributed by atoms with Crippen LogP contribution in [-0.4, -0.2) is 28.1 Å². The summed E-state index contributed by atoms with van der Waals surface area (Å²) in [6.45, 7) is 1.36. The van der Waals surface area contributed by atoms with Crippen molar-refractivity contribution in [2.75, 3.05) is 0 Å². The van der Waals surface area contributed by atoms with Crippen LogP contribution >= 0.6 is 0 Å². The fourth-order valence-corrected chi connectivity index (χ4v) is 0.356. The van der Waals surface area contributed by atoms with Gasteiger partial charge in [-0.15, -0.1) is 0 Å². The van der Waals surface area contributed by atoms with Gasteiger partial charge in [-0.1, -0.05) is 0 Å². The van der Waals surface area contributed by atoms with Crippen LogP contribution in [0.5, 0.6) is 0 Å². The van der Waals surface area contributed by atoms with Crippen molar-refractivity contribution in [1.29, 1.82) is 0 Å². The molecule has 0 saturated carbocycles. The molecule has 0 heterocycles. The molecule has 0 spiro atoms. The third-order valence-corrected chi connectivity index (χ3v) is 0.719. The third-order valence-electron chi connectivity index (χ3n) is 0.719. The third kappa shape index (κ3) is 3.66. The molecule has 0 radical (unpaired) electrons. The van der Waals surface area contributed by atoms with Gasteiger partial charge < -0.3 is 10.2 Å². The first-order chi connectivity index (χ1) is 4.04. The van der Waals surface area contributed by atoms with Crippen LogP contribution in [0.15, 0.2) is 0 Å². The molecule has 0 saturated heterocycles. The Bertz CT molecular complexity index is 127. The molecule has 0 amide bonds. The van der Waals surface area contributed by atoms with E-state index in [2.05, 4.69) is 0 Å². The van der Waals surface area contributed by atoms with Gasteiger partial charge >= 0.3 is 5.97 Å². The van der Waals surface area contributed by atoms with Crippen LogP contribution < -0.4 is 0 Å². The van der Waals surface area contributed by atoms with Crippen LogP contribution in [0.3, 0.4) is 0 Å². The molecule has 0 aromatic carbocycles. The molecule has 0 unspecified atom stereocenters. The summed E-state index contributed by atoms with van der Waals surface area (Å²) in [5, 5.41) is 16.5. The number of aliphatic hydroxyl groups excluding tert-OH is 1. The van der Waals surface area contributed by atoms with Crippen LogP contribution in [0.1, 0.15) is 13.3 Å². The van der Waals surface area contributed by atoms with E-state index in [9.17, 15) is 9.59 Å². The Kier molecular flexibility index (Phi) is 2.87. The predicted molar refractivity (Wildman–Crippen MR) is 28.9 cm³/mol. The van der Waals surface area contributed by atoms with E-state index in [1.165, 1.54) is 6.92 Å². The number of carbonyl (C=O) groups is 2. The highest BCUT2D eigenvalue weighted by atomic mass is 16.4. The highest BCUT2D eigenvalue weighted by Gasteiger charge is 2.12. The average molecular weight is 132 g/mol. The second-order valence-corrected chi connectivity index (χ2v) is 1.78. The van der Waals surface area contributed by atoms with Gasteiger partial charge in [0.05, 0.1) is 6.10 Å². The summed E-state index contributed by atoms with van der Waals surface area (Å²) < 4.78 is 0. The molecule has 0 rings (SSSR count). The number of aliphatic hydroxyl groups is 1. The normalized spacial score (nSPS) is 12.7. The summed E-state index contributed by atoms with van der Waals surface area (Å²) in [4.78, 5) is 20.0. The Morgan fingerprint density at radius 3 is 2.11 bits per heavy atom. The smallest absolute Gasteiger partial charge is 0.372 e. The number of aliphatic carboxylic acids is 1. The van der Waals surface area contributed by atoms with E-state index >= 15 is 0 Å². The molecule has 4 nitrogen and oxygen atoms in total. The number of carbonyl (C=O) groups excluding carboxylic acids is 1. The van der Waals surface area contributed by atoms with Crippen molar-refractivity contribution in [3.8, 4) is 0 Å². The number of ketones is 1. The van der Waals surface area contributed by atoms with E-state index in [0.717, 1.165) is 0 Å². The van der Waals surface area contributed by atoms with Crippen molar-refractivity contribution in [3.63, 3.8) is 0 Å². The van der Waals surface area contributed by atoms with Crippen molar-refractivity contribution in [3.05, 3.63) is 0 Å². The molecule has 4 heteroatoms. The van der Waals surface area contributed by atoms with Gasteiger partial charge in [-0.25, -0.2) is 4.79 Å². The summed E-state index contributed by atoms with van der Waals surface area (Å²) in [6.07, 6.45) is -1.18. The first-order valence-electron chi connectivity index (χ1n) is 2.48. The fourth-order valence-electron chi connectivity index (χ4n) is 0.356. The molecule has 0 aliphatic heterocycles. The number of Topliss-reactive ketones (excluding diaryl/α,β-unsaturated/α-hetero) is 1. The SMILES string of the molecule is C[C@H](O)CC(=O)C(=O)O. The molecule has 0 bridgehead atoms. The number of hydrogen-bond donors (Lipinski definition) is 2. The minimum atomic E-state index is -1.49. The lowest BCUT2D eigenvalue weighted by molar-refractivity contribution is -0.149. The van der Waals surface area contributed by atoms with Crippen LogP contribution in [0.2, 0.25) is 0 Å². The molecule has 0 aromatic rings. The largest absolute Gasteiger partial charge is 0.475 e. The Morgan fingerprint density at radius 1 is 1.56 bits per heavy atom. The molecular weight excluding hydrogens is 124 g/mol.